The highest BCUT2D eigenvalue weighted by Crippen LogP contribution is 2.23. The molecule has 0 unspecified atom stereocenters. The Labute approximate surface area is 138 Å². The number of ether oxygens (including phenoxy) is 1. The van der Waals surface area contributed by atoms with E-state index >= 15 is 0 Å². The van der Waals surface area contributed by atoms with Crippen molar-refractivity contribution >= 4 is 11.8 Å². The highest BCUT2D eigenvalue weighted by atomic mass is 19.4. The van der Waals surface area contributed by atoms with E-state index in [1.165, 1.54) is 17.0 Å². The van der Waals surface area contributed by atoms with Crippen LogP contribution in [0.25, 0.3) is 0 Å². The van der Waals surface area contributed by atoms with Gasteiger partial charge in [0.25, 0.3) is 5.91 Å². The SMILES string of the molecule is CCN(CC(=O)NC(C)(C)C)C(=O)c1ccc(OC(F)(F)F)cc1. The second-order valence-electron chi connectivity index (χ2n) is 6.19. The predicted molar refractivity (Wildman–Crippen MR) is 82.6 cm³/mol. The largest absolute Gasteiger partial charge is 0.573 e. The van der Waals surface area contributed by atoms with Crippen LogP contribution in [0.15, 0.2) is 24.3 Å². The zero-order valence-electron chi connectivity index (χ0n) is 14.0. The smallest absolute Gasteiger partial charge is 0.406 e. The zero-order valence-corrected chi connectivity index (χ0v) is 14.0. The van der Waals surface area contributed by atoms with Gasteiger partial charge in [0.05, 0.1) is 6.54 Å². The number of rotatable bonds is 5. The van der Waals surface area contributed by atoms with Crippen LogP contribution in [0, 0.1) is 0 Å². The molecule has 0 aromatic heterocycles. The van der Waals surface area contributed by atoms with Gasteiger partial charge >= 0.3 is 6.36 Å². The van der Waals surface area contributed by atoms with Crippen LogP contribution in [0.4, 0.5) is 13.2 Å². The first-order valence-corrected chi connectivity index (χ1v) is 7.37. The molecule has 1 aromatic carbocycles. The molecule has 0 aliphatic heterocycles. The minimum Gasteiger partial charge on any atom is -0.406 e. The van der Waals surface area contributed by atoms with Crippen LogP contribution >= 0.6 is 0 Å². The summed E-state index contributed by atoms with van der Waals surface area (Å²) < 4.78 is 40.1. The lowest BCUT2D eigenvalue weighted by molar-refractivity contribution is -0.274. The van der Waals surface area contributed by atoms with Crippen molar-refractivity contribution in [3.63, 3.8) is 0 Å². The van der Waals surface area contributed by atoms with Gasteiger partial charge in [0, 0.05) is 17.6 Å². The number of halogens is 3. The Bertz CT molecular complexity index is 578. The molecule has 0 atom stereocenters. The molecule has 0 aliphatic carbocycles. The molecule has 0 spiro atoms. The maximum absolute atomic E-state index is 12.4. The van der Waals surface area contributed by atoms with Gasteiger partial charge in [-0.05, 0) is 52.0 Å². The van der Waals surface area contributed by atoms with Crippen molar-refractivity contribution in [1.82, 2.24) is 10.2 Å². The van der Waals surface area contributed by atoms with E-state index in [-0.39, 0.29) is 24.6 Å². The van der Waals surface area contributed by atoms with E-state index in [2.05, 4.69) is 10.1 Å². The fourth-order valence-corrected chi connectivity index (χ4v) is 1.94. The minimum atomic E-state index is -4.79. The van der Waals surface area contributed by atoms with Gasteiger partial charge in [-0.3, -0.25) is 9.59 Å². The summed E-state index contributed by atoms with van der Waals surface area (Å²) in [5.41, 5.74) is -0.245. The van der Waals surface area contributed by atoms with Crippen molar-refractivity contribution in [1.29, 1.82) is 0 Å². The Morgan fingerprint density at radius 3 is 2.08 bits per heavy atom. The van der Waals surface area contributed by atoms with Crippen LogP contribution in [0.5, 0.6) is 5.75 Å². The molecule has 0 saturated heterocycles. The van der Waals surface area contributed by atoms with Gasteiger partial charge in [-0.15, -0.1) is 13.2 Å². The zero-order chi connectivity index (χ0) is 18.5. The summed E-state index contributed by atoms with van der Waals surface area (Å²) >= 11 is 0. The number of carbonyl (C=O) groups excluding carboxylic acids is 2. The highest BCUT2D eigenvalue weighted by Gasteiger charge is 2.31. The van der Waals surface area contributed by atoms with E-state index in [4.69, 9.17) is 0 Å². The van der Waals surface area contributed by atoms with E-state index in [0.29, 0.717) is 0 Å². The van der Waals surface area contributed by atoms with E-state index in [1.54, 1.807) is 6.92 Å². The number of nitrogens with one attached hydrogen (secondary N) is 1. The number of benzene rings is 1. The summed E-state index contributed by atoms with van der Waals surface area (Å²) in [5.74, 6) is -1.16. The number of alkyl halides is 3. The summed E-state index contributed by atoms with van der Waals surface area (Å²) in [5, 5.41) is 2.75. The van der Waals surface area contributed by atoms with Gasteiger partial charge in [0.2, 0.25) is 5.91 Å². The number of amides is 2. The average molecular weight is 346 g/mol. The minimum absolute atomic E-state index is 0.132. The van der Waals surface area contributed by atoms with E-state index in [0.717, 1.165) is 12.1 Å². The molecule has 0 bridgehead atoms. The third kappa shape index (κ3) is 6.89. The Morgan fingerprint density at radius 2 is 1.67 bits per heavy atom. The molecule has 0 radical (unpaired) electrons. The van der Waals surface area contributed by atoms with Gasteiger partial charge < -0.3 is 15.0 Å². The van der Waals surface area contributed by atoms with Crippen molar-refractivity contribution < 1.29 is 27.5 Å². The molecule has 0 aliphatic rings. The van der Waals surface area contributed by atoms with Crippen molar-refractivity contribution in [2.24, 2.45) is 0 Å². The van der Waals surface area contributed by atoms with Crippen LogP contribution in [0.2, 0.25) is 0 Å². The van der Waals surface area contributed by atoms with Gasteiger partial charge in [0.1, 0.15) is 5.75 Å². The number of carbonyl (C=O) groups is 2. The van der Waals surface area contributed by atoms with Crippen LogP contribution in [0.1, 0.15) is 38.1 Å². The van der Waals surface area contributed by atoms with Crippen LogP contribution in [-0.4, -0.2) is 41.7 Å². The molecular formula is C16H21F3N2O3. The quantitative estimate of drug-likeness (QED) is 0.892. The third-order valence-corrected chi connectivity index (χ3v) is 2.85. The van der Waals surface area contributed by atoms with Gasteiger partial charge in [-0.2, -0.15) is 0 Å². The number of nitrogens with zero attached hydrogens (tertiary/aromatic N) is 1. The molecule has 134 valence electrons. The third-order valence-electron chi connectivity index (χ3n) is 2.85. The van der Waals surface area contributed by atoms with Crippen LogP contribution in [0.3, 0.4) is 0 Å². The summed E-state index contributed by atoms with van der Waals surface area (Å²) in [6.07, 6.45) is -4.79. The summed E-state index contributed by atoms with van der Waals surface area (Å²) in [6, 6.07) is 4.58. The first-order chi connectivity index (χ1) is 10.9. The standard InChI is InChI=1S/C16H21F3N2O3/c1-5-21(10-13(22)20-15(2,3)4)14(23)11-6-8-12(9-7-11)24-16(17,18)19/h6-9H,5,10H2,1-4H3,(H,20,22). The van der Waals surface area contributed by atoms with Gasteiger partial charge in [-0.1, -0.05) is 0 Å². The molecule has 5 nitrogen and oxygen atoms in total. The van der Waals surface area contributed by atoms with E-state index < -0.39 is 23.6 Å². The molecular weight excluding hydrogens is 325 g/mol. The van der Waals surface area contributed by atoms with Crippen molar-refractivity contribution in [3.05, 3.63) is 29.8 Å². The first kappa shape index (κ1) is 19.8. The van der Waals surface area contributed by atoms with Crippen molar-refractivity contribution in [3.8, 4) is 5.75 Å². The molecule has 0 heterocycles. The molecule has 0 fully saturated rings. The topological polar surface area (TPSA) is 58.6 Å². The molecule has 1 aromatic rings. The van der Waals surface area contributed by atoms with Crippen molar-refractivity contribution in [2.45, 2.75) is 39.6 Å². The van der Waals surface area contributed by atoms with Gasteiger partial charge in [-0.25, -0.2) is 0 Å². The molecule has 0 saturated carbocycles. The van der Waals surface area contributed by atoms with Gasteiger partial charge in [0.15, 0.2) is 0 Å². The van der Waals surface area contributed by atoms with E-state index in [1.807, 2.05) is 20.8 Å². The second-order valence-corrected chi connectivity index (χ2v) is 6.19. The number of hydrogen-bond acceptors (Lipinski definition) is 3. The first-order valence-electron chi connectivity index (χ1n) is 7.37. The Hall–Kier alpha value is -2.25. The van der Waals surface area contributed by atoms with E-state index in [9.17, 15) is 22.8 Å². The van der Waals surface area contributed by atoms with Crippen LogP contribution < -0.4 is 10.1 Å². The lowest BCUT2D eigenvalue weighted by Crippen LogP contribution is -2.47. The summed E-state index contributed by atoms with van der Waals surface area (Å²) in [6.45, 7) is 7.33. The van der Waals surface area contributed by atoms with Crippen LogP contribution in [-0.2, 0) is 4.79 Å². The fraction of sp³-hybridized carbons (Fsp3) is 0.500. The molecule has 24 heavy (non-hydrogen) atoms. The Balaban J connectivity index is 2.77. The maximum Gasteiger partial charge on any atom is 0.573 e. The fourth-order valence-electron chi connectivity index (χ4n) is 1.94. The Morgan fingerprint density at radius 1 is 1.12 bits per heavy atom. The average Bonchev–Trinajstić information content (AvgIpc) is 2.41. The lowest BCUT2D eigenvalue weighted by Gasteiger charge is -2.25. The summed E-state index contributed by atoms with van der Waals surface area (Å²) in [7, 11) is 0. The maximum atomic E-state index is 12.4. The predicted octanol–water partition coefficient (Wildman–Crippen LogP) is 2.96. The number of likely N-dealkylation sites (N-methyl/N-ethyl adjacent to an activating group) is 1. The Kier molecular flexibility index (Phi) is 6.22. The number of hydrogen-bond donors (Lipinski definition) is 1. The van der Waals surface area contributed by atoms with Crippen molar-refractivity contribution in [2.75, 3.05) is 13.1 Å². The molecule has 8 heteroatoms. The normalized spacial score (nSPS) is 11.8. The molecule has 2 amide bonds. The highest BCUT2D eigenvalue weighted by molar-refractivity contribution is 5.96. The molecule has 1 rings (SSSR count). The molecule has 1 N–H and O–H groups in total. The summed E-state index contributed by atoms with van der Waals surface area (Å²) in [4.78, 5) is 25.6. The second kappa shape index (κ2) is 7.55. The lowest BCUT2D eigenvalue weighted by atomic mass is 10.1. The monoisotopic (exact) mass is 346 g/mol.